The number of halogens is 2. The summed E-state index contributed by atoms with van der Waals surface area (Å²) in [5, 5.41) is 0. The largest absolute Gasteiger partial charge is 0.759 e. The Labute approximate surface area is 64.7 Å². The first-order valence-electron chi connectivity index (χ1n) is 2.98. The van der Waals surface area contributed by atoms with Crippen LogP contribution in [0.25, 0.3) is 0 Å². The highest BCUT2D eigenvalue weighted by atomic mass is 32.2. The number of hydrogen-bond donors (Lipinski definition) is 2. The number of hydrogen-bond acceptors (Lipinski definition) is 3. The van der Waals surface area contributed by atoms with E-state index in [0.29, 0.717) is 0 Å². The minimum absolute atomic E-state index is 0.308. The molecule has 11 heavy (non-hydrogen) atoms. The molecule has 0 saturated heterocycles. The summed E-state index contributed by atoms with van der Waals surface area (Å²) in [5.74, 6) is -2.62. The van der Waals surface area contributed by atoms with E-state index in [1.54, 1.807) is 0 Å². The van der Waals surface area contributed by atoms with Crippen molar-refractivity contribution in [3.8, 4) is 0 Å². The fraction of sp³-hybridized carbons (Fsp3) is 1.00. The molecule has 2 N–H and O–H groups in total. The predicted octanol–water partition coefficient (Wildman–Crippen LogP) is -0.328. The van der Waals surface area contributed by atoms with Gasteiger partial charge in [-0.2, -0.15) is 4.83 Å². The predicted molar refractivity (Wildman–Crippen MR) is 33.2 cm³/mol. The summed E-state index contributed by atoms with van der Waals surface area (Å²) < 4.78 is 43.9. The second kappa shape index (κ2) is 3.10. The van der Waals surface area contributed by atoms with Gasteiger partial charge in [0.2, 0.25) is 0 Å². The lowest BCUT2D eigenvalue weighted by Gasteiger charge is -2.35. The second-order valence-electron chi connectivity index (χ2n) is 2.44. The molecule has 0 spiro atoms. The third-order valence-corrected chi connectivity index (χ3v) is 1.72. The molecule has 0 bridgehead atoms. The first-order valence-corrected chi connectivity index (χ1v) is 4.05. The molecular formula is C4H7F2N2O2S-. The molecule has 1 fully saturated rings. The summed E-state index contributed by atoms with van der Waals surface area (Å²) >= 11 is -2.43. The molecule has 1 aliphatic rings. The molecule has 7 heteroatoms. The van der Waals surface area contributed by atoms with Crippen molar-refractivity contribution in [1.29, 1.82) is 0 Å². The smallest absolute Gasteiger partial charge is 0.251 e. The van der Waals surface area contributed by atoms with Gasteiger partial charge in [0.15, 0.2) is 0 Å². The Balaban J connectivity index is 2.09. The SMILES string of the molecule is O=S([O-])NNC1CC(F)(F)C1. The highest BCUT2D eigenvalue weighted by Gasteiger charge is 2.45. The van der Waals surface area contributed by atoms with Gasteiger partial charge in [0.1, 0.15) is 0 Å². The molecule has 0 heterocycles. The van der Waals surface area contributed by atoms with Gasteiger partial charge in [-0.1, -0.05) is 0 Å². The van der Waals surface area contributed by atoms with Gasteiger partial charge < -0.3 is 4.55 Å². The van der Waals surface area contributed by atoms with Gasteiger partial charge in [0.05, 0.1) is 0 Å². The standard InChI is InChI=1S/C4H8F2N2O2S/c5-4(6)1-3(2-4)7-8-11(9)10/h3,7-8H,1-2H2,(H,9,10)/p-1. The quantitative estimate of drug-likeness (QED) is 0.467. The summed E-state index contributed by atoms with van der Waals surface area (Å²) in [5.41, 5.74) is 2.23. The molecule has 0 radical (unpaired) electrons. The zero-order valence-corrected chi connectivity index (χ0v) is 6.29. The van der Waals surface area contributed by atoms with Crippen LogP contribution in [0.5, 0.6) is 0 Å². The topological polar surface area (TPSA) is 64.2 Å². The maximum atomic E-state index is 12.1. The van der Waals surface area contributed by atoms with Gasteiger partial charge in [0.25, 0.3) is 5.92 Å². The fourth-order valence-corrected chi connectivity index (χ4v) is 1.16. The summed E-state index contributed by atoms with van der Waals surface area (Å²) in [4.78, 5) is 1.82. The van der Waals surface area contributed by atoms with Gasteiger partial charge in [-0.3, -0.25) is 4.21 Å². The Morgan fingerprint density at radius 1 is 1.55 bits per heavy atom. The van der Waals surface area contributed by atoms with Gasteiger partial charge in [0, 0.05) is 30.1 Å². The van der Waals surface area contributed by atoms with Crippen LogP contribution in [-0.2, 0) is 11.3 Å². The molecule has 0 amide bonds. The molecule has 66 valence electrons. The number of alkyl halides is 2. The summed E-state index contributed by atoms with van der Waals surface area (Å²) in [7, 11) is 0. The van der Waals surface area contributed by atoms with Crippen LogP contribution in [-0.4, -0.2) is 20.7 Å². The van der Waals surface area contributed by atoms with Crippen molar-refractivity contribution >= 4 is 11.3 Å². The Morgan fingerprint density at radius 2 is 2.09 bits per heavy atom. The lowest BCUT2D eigenvalue weighted by Crippen LogP contribution is -2.53. The van der Waals surface area contributed by atoms with Crippen molar-refractivity contribution in [2.24, 2.45) is 0 Å². The van der Waals surface area contributed by atoms with E-state index in [0.717, 1.165) is 0 Å². The Hall–Kier alpha value is -0.110. The first kappa shape index (κ1) is 8.98. The zero-order valence-electron chi connectivity index (χ0n) is 5.47. The van der Waals surface area contributed by atoms with E-state index in [4.69, 9.17) is 0 Å². The van der Waals surface area contributed by atoms with E-state index >= 15 is 0 Å². The highest BCUT2D eigenvalue weighted by Crippen LogP contribution is 2.36. The second-order valence-corrected chi connectivity index (χ2v) is 3.12. The van der Waals surface area contributed by atoms with Crippen LogP contribution in [0.15, 0.2) is 0 Å². The van der Waals surface area contributed by atoms with Gasteiger partial charge in [-0.05, 0) is 0 Å². The lowest BCUT2D eigenvalue weighted by atomic mass is 9.89. The lowest BCUT2D eigenvalue weighted by molar-refractivity contribution is -0.0939. The fourth-order valence-electron chi connectivity index (χ4n) is 0.895. The van der Waals surface area contributed by atoms with Crippen LogP contribution in [0.3, 0.4) is 0 Å². The van der Waals surface area contributed by atoms with Crippen molar-refractivity contribution < 1.29 is 17.5 Å². The van der Waals surface area contributed by atoms with Crippen molar-refractivity contribution in [3.05, 3.63) is 0 Å². The molecule has 4 nitrogen and oxygen atoms in total. The van der Waals surface area contributed by atoms with E-state index in [-0.39, 0.29) is 12.8 Å². The van der Waals surface area contributed by atoms with Crippen LogP contribution in [0.4, 0.5) is 8.78 Å². The average Bonchev–Trinajstić information content (AvgIpc) is 1.78. The number of rotatable bonds is 3. The number of hydrazine groups is 1. The van der Waals surface area contributed by atoms with E-state index in [1.807, 2.05) is 4.83 Å². The average molecular weight is 185 g/mol. The molecule has 0 aliphatic heterocycles. The molecular weight excluding hydrogens is 178 g/mol. The van der Waals surface area contributed by atoms with Crippen LogP contribution < -0.4 is 10.3 Å². The zero-order chi connectivity index (χ0) is 8.48. The van der Waals surface area contributed by atoms with E-state index in [2.05, 4.69) is 5.43 Å². The molecule has 1 rings (SSSR count). The molecule has 1 atom stereocenters. The van der Waals surface area contributed by atoms with Gasteiger partial charge >= 0.3 is 0 Å². The maximum Gasteiger partial charge on any atom is 0.251 e. The van der Waals surface area contributed by atoms with E-state index < -0.39 is 23.2 Å². The minimum atomic E-state index is -2.62. The van der Waals surface area contributed by atoms with Crippen LogP contribution in [0.2, 0.25) is 0 Å². The van der Waals surface area contributed by atoms with E-state index in [9.17, 15) is 17.5 Å². The van der Waals surface area contributed by atoms with Gasteiger partial charge in [-0.15, -0.1) is 0 Å². The Morgan fingerprint density at radius 3 is 2.45 bits per heavy atom. The molecule has 1 saturated carbocycles. The Bertz CT molecular complexity index is 169. The summed E-state index contributed by atoms with van der Waals surface area (Å²) in [6, 6.07) is -0.442. The van der Waals surface area contributed by atoms with Crippen LogP contribution >= 0.6 is 0 Å². The van der Waals surface area contributed by atoms with E-state index in [1.165, 1.54) is 0 Å². The maximum absolute atomic E-state index is 12.1. The number of nitrogens with one attached hydrogen (secondary N) is 2. The molecule has 1 unspecified atom stereocenters. The molecule has 0 aromatic heterocycles. The molecule has 1 aliphatic carbocycles. The van der Waals surface area contributed by atoms with Crippen molar-refractivity contribution in [1.82, 2.24) is 10.3 Å². The van der Waals surface area contributed by atoms with Crippen molar-refractivity contribution in [3.63, 3.8) is 0 Å². The van der Waals surface area contributed by atoms with Gasteiger partial charge in [-0.25, -0.2) is 14.2 Å². The van der Waals surface area contributed by atoms with Crippen LogP contribution in [0, 0.1) is 0 Å². The van der Waals surface area contributed by atoms with Crippen LogP contribution in [0.1, 0.15) is 12.8 Å². The van der Waals surface area contributed by atoms with Crippen molar-refractivity contribution in [2.45, 2.75) is 24.8 Å². The summed E-state index contributed by atoms with van der Waals surface area (Å²) in [6.45, 7) is 0. The normalized spacial score (nSPS) is 26.1. The highest BCUT2D eigenvalue weighted by molar-refractivity contribution is 7.76. The Kier molecular flexibility index (Phi) is 2.53. The molecule has 0 aromatic carbocycles. The third kappa shape index (κ3) is 2.78. The minimum Gasteiger partial charge on any atom is -0.759 e. The van der Waals surface area contributed by atoms with Crippen molar-refractivity contribution in [2.75, 3.05) is 0 Å². The summed E-state index contributed by atoms with van der Waals surface area (Å²) in [6.07, 6.45) is -0.617. The monoisotopic (exact) mass is 185 g/mol. The third-order valence-electron chi connectivity index (χ3n) is 1.44. The molecule has 0 aromatic rings. The first-order chi connectivity index (χ1) is 4.99.